The summed E-state index contributed by atoms with van der Waals surface area (Å²) in [5.41, 5.74) is 8.00. The molecule has 0 saturated carbocycles. The number of esters is 1. The van der Waals surface area contributed by atoms with E-state index < -0.39 is 70.1 Å². The first kappa shape index (κ1) is 27.4. The summed E-state index contributed by atoms with van der Waals surface area (Å²) < 4.78 is 5.22. The lowest BCUT2D eigenvalue weighted by atomic mass is 9.54. The van der Waals surface area contributed by atoms with Crippen LogP contribution in [0.15, 0.2) is 72.8 Å². The number of primary amides is 1. The number of halogens is 3. The number of rotatable bonds is 7. The first-order valence-corrected chi connectivity index (χ1v) is 13.8. The summed E-state index contributed by atoms with van der Waals surface area (Å²) in [4.78, 5) is 64.0. The highest BCUT2D eigenvalue weighted by atomic mass is 35.5. The molecule has 1 aliphatic heterocycles. The normalized spacial score (nSPS) is 26.2. The van der Waals surface area contributed by atoms with Crippen LogP contribution in [0.25, 0.3) is 0 Å². The highest BCUT2D eigenvalue weighted by Gasteiger charge is 2.73. The van der Waals surface area contributed by atoms with Gasteiger partial charge in [0.25, 0.3) is 0 Å². The Morgan fingerprint density at radius 3 is 1.66 bits per heavy atom. The number of amides is 3. The molecule has 7 rings (SSSR count). The highest BCUT2D eigenvalue weighted by Crippen LogP contribution is 2.69. The van der Waals surface area contributed by atoms with Gasteiger partial charge in [0.15, 0.2) is 12.4 Å². The van der Waals surface area contributed by atoms with E-state index in [1.165, 1.54) is 24.3 Å². The van der Waals surface area contributed by atoms with E-state index in [0.29, 0.717) is 32.2 Å². The van der Waals surface area contributed by atoms with E-state index in [4.69, 9.17) is 45.3 Å². The van der Waals surface area contributed by atoms with Gasteiger partial charge >= 0.3 is 5.97 Å². The summed E-state index contributed by atoms with van der Waals surface area (Å²) in [5.74, 6) is -6.57. The van der Waals surface area contributed by atoms with E-state index in [1.807, 2.05) is 0 Å². The smallest absolute Gasteiger partial charge is 0.330 e. The maximum Gasteiger partial charge on any atom is 0.330 e. The Balaban J connectivity index is 1.38. The molecule has 3 aromatic carbocycles. The second kappa shape index (κ2) is 9.69. The van der Waals surface area contributed by atoms with Crippen LogP contribution in [-0.4, -0.2) is 47.0 Å². The predicted octanol–water partition coefficient (Wildman–Crippen LogP) is 3.90. The minimum Gasteiger partial charge on any atom is -0.456 e. The van der Waals surface area contributed by atoms with Crippen molar-refractivity contribution in [3.63, 3.8) is 0 Å². The van der Waals surface area contributed by atoms with Crippen LogP contribution in [0.1, 0.15) is 39.0 Å². The Labute approximate surface area is 249 Å². The first-order valence-electron chi connectivity index (χ1n) is 12.7. The number of carbonyl (C=O) groups excluding carboxylic acids is 5. The van der Waals surface area contributed by atoms with E-state index in [2.05, 4.69) is 0 Å². The number of hydrogen-bond donors (Lipinski definition) is 1. The fourth-order valence-corrected chi connectivity index (χ4v) is 7.64. The molecule has 1 saturated heterocycles. The van der Waals surface area contributed by atoms with Crippen molar-refractivity contribution in [1.82, 2.24) is 4.90 Å². The van der Waals surface area contributed by atoms with Gasteiger partial charge in [-0.2, -0.15) is 0 Å². The maximum absolute atomic E-state index is 14.1. The third-order valence-electron chi connectivity index (χ3n) is 8.11. The Bertz CT molecular complexity index is 1530. The zero-order chi connectivity index (χ0) is 29.3. The van der Waals surface area contributed by atoms with Crippen LogP contribution in [0.4, 0.5) is 0 Å². The summed E-state index contributed by atoms with van der Waals surface area (Å²) >= 11 is 20.7. The largest absolute Gasteiger partial charge is 0.456 e. The number of Topliss-reactive ketones (excluding diaryl/α,β-unsaturated/α-hetero) is 1. The number of nitrogens with two attached hydrogens (primary N) is 1. The van der Waals surface area contributed by atoms with Gasteiger partial charge in [0.1, 0.15) is 15.8 Å². The molecule has 0 radical (unpaired) electrons. The number of imide groups is 1. The fraction of sp³-hybridized carbons (Fsp3) is 0.233. The monoisotopic (exact) mass is 610 g/mol. The molecule has 0 unspecified atom stereocenters. The lowest BCUT2D eigenvalue weighted by Gasteiger charge is -2.54. The predicted molar refractivity (Wildman–Crippen MR) is 149 cm³/mol. The minimum absolute atomic E-state index is 0.230. The molecule has 1 heterocycles. The van der Waals surface area contributed by atoms with E-state index in [-0.39, 0.29) is 5.56 Å². The molecule has 3 atom stereocenters. The van der Waals surface area contributed by atoms with Crippen molar-refractivity contribution in [3.05, 3.63) is 106 Å². The van der Waals surface area contributed by atoms with Crippen LogP contribution in [-0.2, 0) is 33.7 Å². The summed E-state index contributed by atoms with van der Waals surface area (Å²) in [6.45, 7) is -0.700. The Kier molecular flexibility index (Phi) is 6.48. The Morgan fingerprint density at radius 2 is 1.24 bits per heavy atom. The van der Waals surface area contributed by atoms with Gasteiger partial charge in [-0.1, -0.05) is 60.1 Å². The van der Waals surface area contributed by atoms with Crippen LogP contribution >= 0.6 is 34.8 Å². The van der Waals surface area contributed by atoms with Gasteiger partial charge in [-0.05, 0) is 46.5 Å². The van der Waals surface area contributed by atoms with Crippen LogP contribution in [0.3, 0.4) is 0 Å². The number of benzene rings is 3. The fourth-order valence-electron chi connectivity index (χ4n) is 6.42. The van der Waals surface area contributed by atoms with Crippen LogP contribution < -0.4 is 5.73 Å². The molecule has 2 N–H and O–H groups in total. The van der Waals surface area contributed by atoms with Gasteiger partial charge in [-0.3, -0.25) is 24.1 Å². The molecule has 41 heavy (non-hydrogen) atoms. The molecule has 0 spiro atoms. The van der Waals surface area contributed by atoms with Crippen molar-refractivity contribution in [2.24, 2.45) is 17.6 Å². The number of ketones is 1. The Morgan fingerprint density at radius 1 is 0.805 bits per heavy atom. The Hall–Kier alpha value is -3.72. The van der Waals surface area contributed by atoms with Crippen molar-refractivity contribution in [2.75, 3.05) is 6.61 Å². The summed E-state index contributed by atoms with van der Waals surface area (Å²) in [6.07, 6.45) is -0.713. The molecule has 0 aromatic heterocycles. The van der Waals surface area contributed by atoms with E-state index in [1.54, 1.807) is 48.5 Å². The molecule has 208 valence electrons. The molecule has 2 bridgehead atoms. The van der Waals surface area contributed by atoms with Crippen molar-refractivity contribution in [1.29, 1.82) is 0 Å². The SMILES string of the molecule is NC(=O)C[C@H](C(=O)OCC(=O)c1ccc(Cl)cc1)N1C(=O)[C@H]2[C@H](C1=O)C1(Cl)c3ccccc3C2(Cl)c2ccccc21. The highest BCUT2D eigenvalue weighted by molar-refractivity contribution is 6.36. The van der Waals surface area contributed by atoms with Crippen molar-refractivity contribution in [3.8, 4) is 0 Å². The molecular weight excluding hydrogens is 591 g/mol. The van der Waals surface area contributed by atoms with Gasteiger partial charge in [0, 0.05) is 10.6 Å². The van der Waals surface area contributed by atoms with Gasteiger partial charge < -0.3 is 10.5 Å². The average molecular weight is 612 g/mol. The number of likely N-dealkylation sites (tertiary alicyclic amines) is 1. The van der Waals surface area contributed by atoms with Crippen LogP contribution in [0.5, 0.6) is 0 Å². The second-order valence-electron chi connectivity index (χ2n) is 10.2. The number of ether oxygens (including phenoxy) is 1. The zero-order valence-corrected chi connectivity index (χ0v) is 23.5. The number of carbonyl (C=O) groups is 5. The lowest BCUT2D eigenvalue weighted by Crippen LogP contribution is -2.57. The summed E-state index contributed by atoms with van der Waals surface area (Å²) in [7, 11) is 0. The first-order chi connectivity index (χ1) is 19.5. The molecule has 4 aliphatic rings. The lowest BCUT2D eigenvalue weighted by molar-refractivity contribution is -0.159. The zero-order valence-electron chi connectivity index (χ0n) is 21.2. The molecule has 11 heteroatoms. The maximum atomic E-state index is 14.1. The van der Waals surface area contributed by atoms with E-state index in [0.717, 1.165) is 0 Å². The number of hydrogen-bond acceptors (Lipinski definition) is 6. The molecule has 3 aromatic rings. The topological polar surface area (TPSA) is 124 Å². The van der Waals surface area contributed by atoms with E-state index >= 15 is 0 Å². The van der Waals surface area contributed by atoms with Crippen molar-refractivity contribution < 1.29 is 28.7 Å². The average Bonchev–Trinajstić information content (AvgIpc) is 3.24. The summed E-state index contributed by atoms with van der Waals surface area (Å²) in [5, 5.41) is 0.417. The molecule has 3 aliphatic carbocycles. The standard InChI is InChI=1S/C30H21Cl3N2O6/c31-16-11-9-15(10-12-16)22(36)14-41-28(40)21(13-23(34)37)35-26(38)24-25(27(35)39)30(33)18-6-2-1-5-17(18)29(24,32)19-7-3-4-8-20(19)30/h1-12,21,24-25H,13-14H2,(H2,34,37)/t21-,24-,25-,29?,30?/m1/s1. The van der Waals surface area contributed by atoms with Gasteiger partial charge in [0.2, 0.25) is 17.7 Å². The third-order valence-corrected chi connectivity index (χ3v) is 9.65. The van der Waals surface area contributed by atoms with Crippen LogP contribution in [0.2, 0.25) is 5.02 Å². The molecular formula is C30H21Cl3N2O6. The minimum atomic E-state index is -1.72. The van der Waals surface area contributed by atoms with Gasteiger partial charge in [-0.25, -0.2) is 4.79 Å². The van der Waals surface area contributed by atoms with E-state index in [9.17, 15) is 24.0 Å². The number of alkyl halides is 2. The third kappa shape index (κ3) is 3.85. The molecule has 1 fully saturated rings. The molecule has 8 nitrogen and oxygen atoms in total. The van der Waals surface area contributed by atoms with Crippen molar-refractivity contribution in [2.45, 2.75) is 22.2 Å². The molecule has 3 amide bonds. The van der Waals surface area contributed by atoms with Crippen LogP contribution in [0, 0.1) is 11.8 Å². The second-order valence-corrected chi connectivity index (χ2v) is 11.9. The van der Waals surface area contributed by atoms with Gasteiger partial charge in [0.05, 0.1) is 18.3 Å². The summed E-state index contributed by atoms with van der Waals surface area (Å²) in [6, 6.07) is 18.4. The van der Waals surface area contributed by atoms with Gasteiger partial charge in [-0.15, -0.1) is 23.2 Å². The number of nitrogens with zero attached hydrogens (tertiary/aromatic N) is 1. The van der Waals surface area contributed by atoms with Crippen molar-refractivity contribution >= 4 is 64.3 Å². The quantitative estimate of drug-likeness (QED) is 0.187.